The van der Waals surface area contributed by atoms with E-state index in [1.54, 1.807) is 6.33 Å². The summed E-state index contributed by atoms with van der Waals surface area (Å²) in [6.07, 6.45) is 8.81. The number of aliphatic hydroxyl groups excluding tert-OH is 1. The molecule has 0 saturated heterocycles. The second kappa shape index (κ2) is 4.02. The van der Waals surface area contributed by atoms with Gasteiger partial charge in [0.25, 0.3) is 0 Å². The Bertz CT molecular complexity index is 668. The first-order valence-electron chi connectivity index (χ1n) is 6.42. The van der Waals surface area contributed by atoms with Crippen molar-refractivity contribution in [3.05, 3.63) is 30.0 Å². The van der Waals surface area contributed by atoms with Crippen LogP contribution in [0.15, 0.2) is 24.8 Å². The predicted molar refractivity (Wildman–Crippen MR) is 70.7 cm³/mol. The van der Waals surface area contributed by atoms with E-state index in [-0.39, 0.29) is 18.6 Å². The lowest BCUT2D eigenvalue weighted by Gasteiger charge is -2.27. The Morgan fingerprint density at radius 3 is 2.95 bits per heavy atom. The molecule has 2 heterocycles. The van der Waals surface area contributed by atoms with Crippen molar-refractivity contribution in [1.29, 1.82) is 0 Å². The van der Waals surface area contributed by atoms with E-state index < -0.39 is 0 Å². The second-order valence-corrected chi connectivity index (χ2v) is 5.63. The highest BCUT2D eigenvalue weighted by atomic mass is 35.5. The molecule has 0 radical (unpaired) electrons. The summed E-state index contributed by atoms with van der Waals surface area (Å²) in [4.78, 5) is 12.6. The topological polar surface area (TPSA) is 63.8 Å². The number of fused-ring (bicyclic) bond motifs is 3. The number of nitrogens with zero attached hydrogens (tertiary/aromatic N) is 4. The van der Waals surface area contributed by atoms with Gasteiger partial charge in [-0.1, -0.05) is 23.8 Å². The fourth-order valence-corrected chi connectivity index (χ4v) is 3.77. The van der Waals surface area contributed by atoms with Crippen LogP contribution in [0.25, 0.3) is 11.2 Å². The molecule has 4 atom stereocenters. The standard InChI is InChI=1S/C13H13ClN4O/c14-12-10-13(16-5-15-12)18(6-17-10)11-8-2-1-7(3-8)9(11)4-19/h1-2,5-9,11,19H,3-4H2/t7-,8+,9-,11-/m1/s1. The smallest absolute Gasteiger partial charge is 0.165 e. The molecule has 2 aromatic heterocycles. The fraction of sp³-hybridized carbons (Fsp3) is 0.462. The molecule has 1 saturated carbocycles. The first-order chi connectivity index (χ1) is 9.29. The Labute approximate surface area is 115 Å². The molecule has 4 rings (SSSR count). The number of aromatic nitrogens is 4. The van der Waals surface area contributed by atoms with Gasteiger partial charge in [0.15, 0.2) is 10.8 Å². The van der Waals surface area contributed by atoms with Crippen LogP contribution in [0.5, 0.6) is 0 Å². The van der Waals surface area contributed by atoms with E-state index in [2.05, 4.69) is 31.7 Å². The van der Waals surface area contributed by atoms with Gasteiger partial charge in [0.2, 0.25) is 0 Å². The maximum Gasteiger partial charge on any atom is 0.165 e. The quantitative estimate of drug-likeness (QED) is 0.671. The molecule has 0 aliphatic heterocycles. The highest BCUT2D eigenvalue weighted by Gasteiger charge is 2.45. The van der Waals surface area contributed by atoms with E-state index in [0.29, 0.717) is 22.5 Å². The molecule has 2 aromatic rings. The van der Waals surface area contributed by atoms with Crippen LogP contribution in [0.4, 0.5) is 0 Å². The number of hydrogen-bond donors (Lipinski definition) is 1. The third-order valence-corrected chi connectivity index (χ3v) is 4.70. The largest absolute Gasteiger partial charge is 0.396 e. The van der Waals surface area contributed by atoms with Crippen LogP contribution in [0.3, 0.4) is 0 Å². The van der Waals surface area contributed by atoms with Crippen LogP contribution >= 0.6 is 11.6 Å². The van der Waals surface area contributed by atoms with Gasteiger partial charge in [0.05, 0.1) is 6.33 Å². The van der Waals surface area contributed by atoms with Crippen LogP contribution in [-0.2, 0) is 0 Å². The molecule has 0 spiro atoms. The number of halogens is 1. The minimum atomic E-state index is 0.189. The summed E-state index contributed by atoms with van der Waals surface area (Å²) in [5.74, 6) is 1.16. The third-order valence-electron chi connectivity index (χ3n) is 4.42. The molecule has 0 aromatic carbocycles. The van der Waals surface area contributed by atoms with E-state index in [1.165, 1.54) is 6.33 Å². The average Bonchev–Trinajstić information content (AvgIpc) is 3.11. The Morgan fingerprint density at radius 2 is 2.11 bits per heavy atom. The number of hydrogen-bond acceptors (Lipinski definition) is 4. The van der Waals surface area contributed by atoms with E-state index in [9.17, 15) is 5.11 Å². The van der Waals surface area contributed by atoms with Gasteiger partial charge in [-0.15, -0.1) is 0 Å². The maximum atomic E-state index is 9.66. The zero-order chi connectivity index (χ0) is 13.0. The Kier molecular flexibility index (Phi) is 2.40. The SMILES string of the molecule is OC[C@H]1[C@H](n2cnc3c(Cl)ncnc32)[C@H]2C=C[C@@H]1C2. The molecule has 1 N–H and O–H groups in total. The van der Waals surface area contributed by atoms with E-state index in [4.69, 9.17) is 11.6 Å². The van der Waals surface area contributed by atoms with Gasteiger partial charge in [-0.05, 0) is 18.3 Å². The zero-order valence-electron chi connectivity index (χ0n) is 10.1. The van der Waals surface area contributed by atoms with E-state index >= 15 is 0 Å². The second-order valence-electron chi connectivity index (χ2n) is 5.27. The lowest BCUT2D eigenvalue weighted by atomic mass is 9.89. The molecular weight excluding hydrogens is 264 g/mol. The van der Waals surface area contributed by atoms with Crippen LogP contribution < -0.4 is 0 Å². The van der Waals surface area contributed by atoms with Crippen molar-refractivity contribution in [3.8, 4) is 0 Å². The summed E-state index contributed by atoms with van der Waals surface area (Å²) < 4.78 is 2.05. The van der Waals surface area contributed by atoms with Crippen molar-refractivity contribution in [2.24, 2.45) is 17.8 Å². The minimum Gasteiger partial charge on any atom is -0.396 e. The van der Waals surface area contributed by atoms with Crippen molar-refractivity contribution >= 4 is 22.8 Å². The molecule has 2 aliphatic carbocycles. The summed E-state index contributed by atoms with van der Waals surface area (Å²) in [7, 11) is 0. The first kappa shape index (κ1) is 11.4. The van der Waals surface area contributed by atoms with Gasteiger partial charge in [0.1, 0.15) is 11.8 Å². The van der Waals surface area contributed by atoms with Crippen LogP contribution in [0, 0.1) is 17.8 Å². The Balaban J connectivity index is 1.87. The molecule has 1 fully saturated rings. The van der Waals surface area contributed by atoms with Crippen molar-refractivity contribution in [2.45, 2.75) is 12.5 Å². The van der Waals surface area contributed by atoms with Crippen molar-refractivity contribution in [1.82, 2.24) is 19.5 Å². The molecule has 6 heteroatoms. The Morgan fingerprint density at radius 1 is 1.26 bits per heavy atom. The molecular formula is C13H13ClN4O. The van der Waals surface area contributed by atoms with Gasteiger partial charge in [-0.3, -0.25) is 0 Å². The monoisotopic (exact) mass is 276 g/mol. The van der Waals surface area contributed by atoms with Gasteiger partial charge in [-0.25, -0.2) is 15.0 Å². The van der Waals surface area contributed by atoms with Crippen molar-refractivity contribution in [2.75, 3.05) is 6.61 Å². The summed E-state index contributed by atoms with van der Waals surface area (Å²) in [5, 5.41) is 10.0. The minimum absolute atomic E-state index is 0.189. The molecule has 0 amide bonds. The normalized spacial score (nSPS) is 32.5. The van der Waals surface area contributed by atoms with Gasteiger partial charge in [0, 0.05) is 18.6 Å². The van der Waals surface area contributed by atoms with Crippen molar-refractivity contribution in [3.63, 3.8) is 0 Å². The molecule has 19 heavy (non-hydrogen) atoms. The van der Waals surface area contributed by atoms with Crippen molar-refractivity contribution < 1.29 is 5.11 Å². The molecule has 2 bridgehead atoms. The Hall–Kier alpha value is -1.46. The first-order valence-corrected chi connectivity index (χ1v) is 6.79. The van der Waals surface area contributed by atoms with Crippen LogP contribution in [-0.4, -0.2) is 31.2 Å². The molecule has 98 valence electrons. The summed E-state index contributed by atoms with van der Waals surface area (Å²) >= 11 is 6.04. The van der Waals surface area contributed by atoms with Crippen LogP contribution in [0.2, 0.25) is 5.15 Å². The van der Waals surface area contributed by atoms with Gasteiger partial charge in [-0.2, -0.15) is 0 Å². The van der Waals surface area contributed by atoms with Crippen LogP contribution in [0.1, 0.15) is 12.5 Å². The zero-order valence-corrected chi connectivity index (χ0v) is 10.9. The maximum absolute atomic E-state index is 9.66. The summed E-state index contributed by atoms with van der Waals surface area (Å²) in [5.41, 5.74) is 1.39. The molecule has 5 nitrogen and oxygen atoms in total. The predicted octanol–water partition coefficient (Wildman–Crippen LogP) is 1.84. The highest BCUT2D eigenvalue weighted by Crippen LogP contribution is 2.50. The summed E-state index contributed by atoms with van der Waals surface area (Å²) in [6, 6.07) is 0.218. The fourth-order valence-electron chi connectivity index (χ4n) is 3.60. The third kappa shape index (κ3) is 1.48. The summed E-state index contributed by atoms with van der Waals surface area (Å²) in [6.45, 7) is 0.189. The molecule has 0 unspecified atom stereocenters. The number of aliphatic hydroxyl groups is 1. The van der Waals surface area contributed by atoms with Gasteiger partial charge >= 0.3 is 0 Å². The average molecular weight is 277 g/mol. The highest BCUT2D eigenvalue weighted by molar-refractivity contribution is 6.33. The van der Waals surface area contributed by atoms with E-state index in [1.807, 2.05) is 0 Å². The van der Waals surface area contributed by atoms with Gasteiger partial charge < -0.3 is 9.67 Å². The number of allylic oxidation sites excluding steroid dienone is 2. The lowest BCUT2D eigenvalue weighted by Crippen LogP contribution is -2.25. The lowest BCUT2D eigenvalue weighted by molar-refractivity contribution is 0.168. The van der Waals surface area contributed by atoms with E-state index in [0.717, 1.165) is 12.1 Å². The number of imidazole rings is 1. The molecule has 2 aliphatic rings. The number of rotatable bonds is 2.